The van der Waals surface area contributed by atoms with E-state index < -0.39 is 0 Å². The van der Waals surface area contributed by atoms with Gasteiger partial charge in [0.25, 0.3) is 0 Å². The molecule has 1 unspecified atom stereocenters. The van der Waals surface area contributed by atoms with Gasteiger partial charge in [0.2, 0.25) is 0 Å². The third-order valence-corrected chi connectivity index (χ3v) is 4.31. The lowest BCUT2D eigenvalue weighted by molar-refractivity contribution is 0.250. The topological polar surface area (TPSA) is 32.5 Å². The van der Waals surface area contributed by atoms with Crippen molar-refractivity contribution in [3.63, 3.8) is 0 Å². The van der Waals surface area contributed by atoms with E-state index in [4.69, 9.17) is 5.73 Å². The first-order chi connectivity index (χ1) is 9.69. The molecular weight excluding hydrogens is 246 g/mol. The van der Waals surface area contributed by atoms with Gasteiger partial charge in [-0.05, 0) is 50.4 Å². The normalized spacial score (nSPS) is 18.2. The summed E-state index contributed by atoms with van der Waals surface area (Å²) in [5, 5.41) is 0. The van der Waals surface area contributed by atoms with Crippen molar-refractivity contribution >= 4 is 5.69 Å². The minimum atomic E-state index is 0.392. The molecule has 2 N–H and O–H groups in total. The SMILES string of the molecule is CCC(N)CCCN1CCN(c2cccc(C)c2)CC1. The molecule has 0 aromatic heterocycles. The molecule has 0 amide bonds. The maximum Gasteiger partial charge on any atom is 0.0369 e. The van der Waals surface area contributed by atoms with Gasteiger partial charge in [-0.15, -0.1) is 0 Å². The number of piperazine rings is 1. The van der Waals surface area contributed by atoms with E-state index in [1.807, 2.05) is 0 Å². The quantitative estimate of drug-likeness (QED) is 0.866. The molecule has 1 aliphatic rings. The van der Waals surface area contributed by atoms with Gasteiger partial charge in [-0.25, -0.2) is 0 Å². The monoisotopic (exact) mass is 275 g/mol. The molecule has 0 aliphatic carbocycles. The summed E-state index contributed by atoms with van der Waals surface area (Å²) >= 11 is 0. The number of hydrogen-bond acceptors (Lipinski definition) is 3. The second-order valence-electron chi connectivity index (χ2n) is 5.98. The number of aryl methyl sites for hydroxylation is 1. The number of nitrogens with two attached hydrogens (primary N) is 1. The Morgan fingerprint density at radius 3 is 2.60 bits per heavy atom. The highest BCUT2D eigenvalue weighted by atomic mass is 15.3. The molecule has 1 heterocycles. The van der Waals surface area contributed by atoms with Gasteiger partial charge in [0.15, 0.2) is 0 Å². The van der Waals surface area contributed by atoms with E-state index in [1.54, 1.807) is 0 Å². The molecule has 0 saturated carbocycles. The lowest BCUT2D eigenvalue weighted by Gasteiger charge is -2.36. The van der Waals surface area contributed by atoms with Crippen molar-refractivity contribution in [2.75, 3.05) is 37.6 Å². The van der Waals surface area contributed by atoms with Gasteiger partial charge < -0.3 is 10.6 Å². The average molecular weight is 275 g/mol. The van der Waals surface area contributed by atoms with Crippen LogP contribution in [0.25, 0.3) is 0 Å². The van der Waals surface area contributed by atoms with Crippen LogP contribution in [0.2, 0.25) is 0 Å². The molecule has 1 saturated heterocycles. The van der Waals surface area contributed by atoms with E-state index in [0.29, 0.717) is 6.04 Å². The van der Waals surface area contributed by atoms with Gasteiger partial charge in [0.05, 0.1) is 0 Å². The van der Waals surface area contributed by atoms with Crippen LogP contribution in [0.15, 0.2) is 24.3 Å². The summed E-state index contributed by atoms with van der Waals surface area (Å²) < 4.78 is 0. The van der Waals surface area contributed by atoms with Crippen molar-refractivity contribution < 1.29 is 0 Å². The first-order valence-electron chi connectivity index (χ1n) is 7.98. The van der Waals surface area contributed by atoms with Crippen LogP contribution >= 0.6 is 0 Å². The van der Waals surface area contributed by atoms with Crippen LogP contribution in [0.3, 0.4) is 0 Å². The predicted molar refractivity (Wildman–Crippen MR) is 87.3 cm³/mol. The molecule has 0 spiro atoms. The highest BCUT2D eigenvalue weighted by molar-refractivity contribution is 5.48. The Labute approximate surface area is 123 Å². The summed E-state index contributed by atoms with van der Waals surface area (Å²) in [5.74, 6) is 0. The van der Waals surface area contributed by atoms with Crippen LogP contribution in [-0.2, 0) is 0 Å². The Kier molecular flexibility index (Phi) is 5.86. The van der Waals surface area contributed by atoms with Gasteiger partial charge >= 0.3 is 0 Å². The minimum absolute atomic E-state index is 0.392. The van der Waals surface area contributed by atoms with Crippen molar-refractivity contribution in [3.8, 4) is 0 Å². The molecule has 3 nitrogen and oxygen atoms in total. The Morgan fingerprint density at radius 2 is 1.95 bits per heavy atom. The molecule has 2 rings (SSSR count). The number of anilines is 1. The van der Waals surface area contributed by atoms with Crippen molar-refractivity contribution in [1.29, 1.82) is 0 Å². The third kappa shape index (κ3) is 4.50. The van der Waals surface area contributed by atoms with E-state index >= 15 is 0 Å². The minimum Gasteiger partial charge on any atom is -0.369 e. The Hall–Kier alpha value is -1.06. The molecule has 0 bridgehead atoms. The zero-order valence-electron chi connectivity index (χ0n) is 13.0. The molecule has 1 aromatic rings. The number of benzene rings is 1. The van der Waals surface area contributed by atoms with Crippen molar-refractivity contribution in [2.24, 2.45) is 5.73 Å². The second kappa shape index (κ2) is 7.65. The maximum absolute atomic E-state index is 5.97. The fourth-order valence-corrected chi connectivity index (χ4v) is 2.84. The van der Waals surface area contributed by atoms with E-state index in [9.17, 15) is 0 Å². The highest BCUT2D eigenvalue weighted by Crippen LogP contribution is 2.18. The number of nitrogens with zero attached hydrogens (tertiary/aromatic N) is 2. The van der Waals surface area contributed by atoms with Crippen molar-refractivity contribution in [2.45, 2.75) is 39.2 Å². The van der Waals surface area contributed by atoms with Crippen LogP contribution in [0.4, 0.5) is 5.69 Å². The van der Waals surface area contributed by atoms with Crippen molar-refractivity contribution in [1.82, 2.24) is 4.90 Å². The standard InChI is InChI=1S/C17H29N3/c1-3-16(18)7-5-9-19-10-12-20(13-11-19)17-8-4-6-15(2)14-17/h4,6,8,14,16H,3,5,7,9-13,18H2,1-2H3. The zero-order valence-corrected chi connectivity index (χ0v) is 13.0. The van der Waals surface area contributed by atoms with Crippen LogP contribution < -0.4 is 10.6 Å². The molecule has 20 heavy (non-hydrogen) atoms. The van der Waals surface area contributed by atoms with Crippen molar-refractivity contribution in [3.05, 3.63) is 29.8 Å². The summed E-state index contributed by atoms with van der Waals surface area (Å²) in [6.45, 7) is 10.2. The van der Waals surface area contributed by atoms with Gasteiger partial charge in [0, 0.05) is 37.9 Å². The largest absolute Gasteiger partial charge is 0.369 e. The lowest BCUT2D eigenvalue weighted by atomic mass is 10.1. The molecule has 3 heteroatoms. The maximum atomic E-state index is 5.97. The average Bonchev–Trinajstić information content (AvgIpc) is 2.48. The Morgan fingerprint density at radius 1 is 1.20 bits per heavy atom. The van der Waals surface area contributed by atoms with E-state index in [0.717, 1.165) is 25.9 Å². The summed E-state index contributed by atoms with van der Waals surface area (Å²) in [4.78, 5) is 5.08. The molecule has 1 aromatic carbocycles. The predicted octanol–water partition coefficient (Wildman–Crippen LogP) is 2.63. The number of hydrogen-bond donors (Lipinski definition) is 1. The summed E-state index contributed by atoms with van der Waals surface area (Å²) in [6.07, 6.45) is 3.50. The summed E-state index contributed by atoms with van der Waals surface area (Å²) in [6, 6.07) is 9.22. The van der Waals surface area contributed by atoms with E-state index in [1.165, 1.54) is 37.3 Å². The van der Waals surface area contributed by atoms with E-state index in [2.05, 4.69) is 47.9 Å². The lowest BCUT2D eigenvalue weighted by Crippen LogP contribution is -2.46. The zero-order chi connectivity index (χ0) is 14.4. The third-order valence-electron chi connectivity index (χ3n) is 4.31. The molecule has 0 radical (unpaired) electrons. The van der Waals surface area contributed by atoms with Gasteiger partial charge in [0.1, 0.15) is 0 Å². The van der Waals surface area contributed by atoms with Gasteiger partial charge in [-0.3, -0.25) is 4.90 Å². The fraction of sp³-hybridized carbons (Fsp3) is 0.647. The second-order valence-corrected chi connectivity index (χ2v) is 5.98. The first-order valence-corrected chi connectivity index (χ1v) is 7.98. The Balaban J connectivity index is 1.72. The van der Waals surface area contributed by atoms with Crippen LogP contribution in [-0.4, -0.2) is 43.7 Å². The van der Waals surface area contributed by atoms with Gasteiger partial charge in [-0.2, -0.15) is 0 Å². The van der Waals surface area contributed by atoms with Gasteiger partial charge in [-0.1, -0.05) is 19.1 Å². The van der Waals surface area contributed by atoms with E-state index in [-0.39, 0.29) is 0 Å². The first kappa shape index (κ1) is 15.3. The Bertz CT molecular complexity index is 397. The molecule has 1 aliphatic heterocycles. The van der Waals surface area contributed by atoms with Crippen LogP contribution in [0, 0.1) is 6.92 Å². The highest BCUT2D eigenvalue weighted by Gasteiger charge is 2.16. The molecule has 1 fully saturated rings. The molecule has 112 valence electrons. The van der Waals surface area contributed by atoms with Crippen LogP contribution in [0.1, 0.15) is 31.7 Å². The number of rotatable bonds is 6. The summed E-state index contributed by atoms with van der Waals surface area (Å²) in [7, 11) is 0. The summed E-state index contributed by atoms with van der Waals surface area (Å²) in [5.41, 5.74) is 8.69. The van der Waals surface area contributed by atoms with Crippen LogP contribution in [0.5, 0.6) is 0 Å². The smallest absolute Gasteiger partial charge is 0.0369 e. The molecular formula is C17H29N3. The fourth-order valence-electron chi connectivity index (χ4n) is 2.84. The molecule has 1 atom stereocenters.